The molecule has 0 radical (unpaired) electrons. The Hall–Kier alpha value is -1.70. The Bertz CT molecular complexity index is 1070. The van der Waals surface area contributed by atoms with Crippen LogP contribution in [0, 0.1) is 5.92 Å². The number of aromatic nitrogens is 2. The van der Waals surface area contributed by atoms with E-state index in [1.54, 1.807) is 0 Å². The molecule has 2 aromatic heterocycles. The molecule has 4 heterocycles. The zero-order valence-corrected chi connectivity index (χ0v) is 21.0. The van der Waals surface area contributed by atoms with Crippen LogP contribution in [0.2, 0.25) is 0 Å². The van der Waals surface area contributed by atoms with Crippen LogP contribution in [0.15, 0.2) is 11.4 Å². The van der Waals surface area contributed by atoms with Gasteiger partial charge in [0.15, 0.2) is 5.69 Å². The maximum atomic E-state index is 13.8. The normalized spacial score (nSPS) is 26.6. The third-order valence-electron chi connectivity index (χ3n) is 9.01. The number of rotatable bonds is 4. The Morgan fingerprint density at radius 2 is 1.94 bits per heavy atom. The molecule has 3 aliphatic carbocycles. The fraction of sp³-hybridized carbons (Fsp3) is 0.704. The lowest BCUT2D eigenvalue weighted by molar-refractivity contribution is -0.0907. The first-order valence-corrected chi connectivity index (χ1v) is 14.4. The first kappa shape index (κ1) is 21.6. The summed E-state index contributed by atoms with van der Waals surface area (Å²) in [4.78, 5) is 19.9. The summed E-state index contributed by atoms with van der Waals surface area (Å²) in [5, 5.41) is 7.37. The van der Waals surface area contributed by atoms with Gasteiger partial charge in [0.25, 0.3) is 5.91 Å². The first-order chi connectivity index (χ1) is 16.7. The highest BCUT2D eigenvalue weighted by atomic mass is 32.1. The topological polar surface area (TPSA) is 50.6 Å². The van der Waals surface area contributed by atoms with Crippen molar-refractivity contribution in [2.45, 2.75) is 75.9 Å². The van der Waals surface area contributed by atoms with Gasteiger partial charge in [0.05, 0.1) is 17.3 Å². The number of thiophene rings is 1. The smallest absolute Gasteiger partial charge is 0.274 e. The molecule has 7 rings (SSSR count). The van der Waals surface area contributed by atoms with E-state index in [4.69, 9.17) is 9.84 Å². The minimum Gasteiger partial charge on any atom is -0.375 e. The predicted octanol–water partition coefficient (Wildman–Crippen LogP) is 4.54. The zero-order valence-electron chi connectivity index (χ0n) is 20.1. The van der Waals surface area contributed by atoms with Crippen molar-refractivity contribution < 1.29 is 9.53 Å². The highest BCUT2D eigenvalue weighted by Gasteiger charge is 2.43. The van der Waals surface area contributed by atoms with Crippen LogP contribution in [-0.2, 0) is 17.6 Å². The number of aryl methyl sites for hydroxylation is 1. The summed E-state index contributed by atoms with van der Waals surface area (Å²) in [6.07, 6.45) is 11.7. The van der Waals surface area contributed by atoms with Crippen LogP contribution in [-0.4, -0.2) is 70.4 Å². The molecule has 7 heteroatoms. The molecule has 2 saturated heterocycles. The molecule has 2 aromatic rings. The number of fused-ring (bicyclic) bond motifs is 3. The van der Waals surface area contributed by atoms with Crippen LogP contribution in [0.1, 0.15) is 78.3 Å². The van der Waals surface area contributed by atoms with Crippen molar-refractivity contribution in [1.29, 1.82) is 0 Å². The van der Waals surface area contributed by atoms with E-state index in [2.05, 4.69) is 25.9 Å². The number of hydrogen-bond donors (Lipinski definition) is 0. The molecule has 0 bridgehead atoms. The lowest BCUT2D eigenvalue weighted by Crippen LogP contribution is -2.49. The average molecular weight is 481 g/mol. The van der Waals surface area contributed by atoms with Gasteiger partial charge in [-0.15, -0.1) is 11.3 Å². The number of nitrogens with zero attached hydrogens (tertiary/aromatic N) is 4. The lowest BCUT2D eigenvalue weighted by Gasteiger charge is -2.39. The summed E-state index contributed by atoms with van der Waals surface area (Å²) in [6.45, 7) is 5.69. The highest BCUT2D eigenvalue weighted by molar-refractivity contribution is 7.10. The van der Waals surface area contributed by atoms with Crippen molar-refractivity contribution in [1.82, 2.24) is 19.6 Å². The van der Waals surface area contributed by atoms with Crippen LogP contribution in [0.5, 0.6) is 0 Å². The molecule has 4 fully saturated rings. The number of carbonyl (C=O) groups is 1. The number of carbonyl (C=O) groups excluding carboxylic acids is 1. The summed E-state index contributed by atoms with van der Waals surface area (Å²) in [5.41, 5.74) is 4.52. The summed E-state index contributed by atoms with van der Waals surface area (Å²) in [7, 11) is 0. The Morgan fingerprint density at radius 1 is 1.12 bits per heavy atom. The number of ether oxygens (including phenoxy) is 1. The Kier molecular flexibility index (Phi) is 5.36. The quantitative estimate of drug-likeness (QED) is 0.645. The largest absolute Gasteiger partial charge is 0.375 e. The molecule has 2 saturated carbocycles. The van der Waals surface area contributed by atoms with Gasteiger partial charge in [-0.05, 0) is 68.7 Å². The first-order valence-electron chi connectivity index (χ1n) is 13.5. The van der Waals surface area contributed by atoms with Crippen LogP contribution < -0.4 is 0 Å². The van der Waals surface area contributed by atoms with Gasteiger partial charge in [-0.1, -0.05) is 12.8 Å². The molecule has 0 aromatic carbocycles. The van der Waals surface area contributed by atoms with E-state index in [1.165, 1.54) is 66.8 Å². The Labute approximate surface area is 206 Å². The standard InChI is InChI=1S/C27H36N4O2S/c32-26(30-13-11-29(12-14-30)18-19-3-4-19)24-22-5-6-23-21(8-16-34-23)25(22)31(28-24)20-7-15-33-27(17-20)9-1-2-10-27/h8,16,19-20H,1-7,9-15,17-18H2. The van der Waals surface area contributed by atoms with Gasteiger partial charge in [0.2, 0.25) is 0 Å². The van der Waals surface area contributed by atoms with Gasteiger partial charge < -0.3 is 9.64 Å². The zero-order chi connectivity index (χ0) is 22.7. The number of piperazine rings is 1. The molecule has 1 atom stereocenters. The second kappa shape index (κ2) is 8.45. The van der Waals surface area contributed by atoms with E-state index in [9.17, 15) is 4.79 Å². The van der Waals surface area contributed by atoms with Gasteiger partial charge in [-0.25, -0.2) is 0 Å². The number of amides is 1. The van der Waals surface area contributed by atoms with E-state index >= 15 is 0 Å². The Balaban J connectivity index is 1.19. The monoisotopic (exact) mass is 480 g/mol. The molecule has 1 unspecified atom stereocenters. The predicted molar refractivity (Wildman–Crippen MR) is 133 cm³/mol. The van der Waals surface area contributed by atoms with Crippen molar-refractivity contribution >= 4 is 17.2 Å². The molecule has 5 aliphatic rings. The number of hydrogen-bond acceptors (Lipinski definition) is 5. The molecule has 182 valence electrons. The lowest BCUT2D eigenvalue weighted by atomic mass is 9.88. The second-order valence-corrected chi connectivity index (χ2v) is 12.3. The van der Waals surface area contributed by atoms with Crippen LogP contribution >= 0.6 is 11.3 Å². The fourth-order valence-electron chi connectivity index (χ4n) is 6.94. The van der Waals surface area contributed by atoms with Crippen molar-refractivity contribution in [2.75, 3.05) is 39.3 Å². The third kappa shape index (κ3) is 3.75. The molecule has 0 N–H and O–H groups in total. The summed E-state index contributed by atoms with van der Waals surface area (Å²) in [5.74, 6) is 1.06. The van der Waals surface area contributed by atoms with Crippen molar-refractivity contribution in [3.63, 3.8) is 0 Å². The SMILES string of the molecule is O=C(c1nn(C2CCOC3(CCCC3)C2)c2c1CCc1sccc1-2)N1CCN(CC2CC2)CC1. The molecular weight excluding hydrogens is 444 g/mol. The maximum Gasteiger partial charge on any atom is 0.274 e. The van der Waals surface area contributed by atoms with Gasteiger partial charge >= 0.3 is 0 Å². The van der Waals surface area contributed by atoms with Crippen molar-refractivity contribution in [3.05, 3.63) is 27.6 Å². The van der Waals surface area contributed by atoms with Crippen molar-refractivity contribution in [3.8, 4) is 11.3 Å². The maximum absolute atomic E-state index is 13.8. The van der Waals surface area contributed by atoms with Crippen molar-refractivity contribution in [2.24, 2.45) is 5.92 Å². The highest BCUT2D eigenvalue weighted by Crippen LogP contribution is 2.46. The average Bonchev–Trinajstić information content (AvgIpc) is 3.24. The summed E-state index contributed by atoms with van der Waals surface area (Å²) < 4.78 is 8.63. The minimum atomic E-state index is 0.0377. The van der Waals surface area contributed by atoms with E-state index in [0.29, 0.717) is 6.04 Å². The van der Waals surface area contributed by atoms with E-state index in [0.717, 1.165) is 70.1 Å². The van der Waals surface area contributed by atoms with E-state index in [-0.39, 0.29) is 11.5 Å². The van der Waals surface area contributed by atoms with Crippen LogP contribution in [0.25, 0.3) is 11.3 Å². The molecule has 1 spiro atoms. The van der Waals surface area contributed by atoms with Gasteiger partial charge in [-0.2, -0.15) is 5.10 Å². The van der Waals surface area contributed by atoms with Gasteiger partial charge in [0, 0.05) is 55.3 Å². The molecule has 34 heavy (non-hydrogen) atoms. The molecule has 2 aliphatic heterocycles. The van der Waals surface area contributed by atoms with Gasteiger partial charge in [-0.3, -0.25) is 14.4 Å². The van der Waals surface area contributed by atoms with Crippen LogP contribution in [0.3, 0.4) is 0 Å². The molecule has 6 nitrogen and oxygen atoms in total. The van der Waals surface area contributed by atoms with Gasteiger partial charge in [0.1, 0.15) is 0 Å². The third-order valence-corrected chi connectivity index (χ3v) is 9.99. The molecular formula is C27H36N4O2S. The van der Waals surface area contributed by atoms with E-state index < -0.39 is 0 Å². The summed E-state index contributed by atoms with van der Waals surface area (Å²) in [6, 6.07) is 2.58. The Morgan fingerprint density at radius 3 is 2.74 bits per heavy atom. The summed E-state index contributed by atoms with van der Waals surface area (Å²) >= 11 is 1.85. The van der Waals surface area contributed by atoms with E-state index in [1.807, 2.05) is 11.3 Å². The van der Waals surface area contributed by atoms with Crippen LogP contribution in [0.4, 0.5) is 0 Å². The second-order valence-electron chi connectivity index (χ2n) is 11.3. The molecule has 1 amide bonds. The fourth-order valence-corrected chi connectivity index (χ4v) is 7.82. The minimum absolute atomic E-state index is 0.0377.